The Labute approximate surface area is 129 Å². The summed E-state index contributed by atoms with van der Waals surface area (Å²) in [6, 6.07) is 5.78. The van der Waals surface area contributed by atoms with Crippen molar-refractivity contribution in [2.75, 3.05) is 0 Å². The van der Waals surface area contributed by atoms with Gasteiger partial charge in [-0.25, -0.2) is 0 Å². The van der Waals surface area contributed by atoms with Gasteiger partial charge in [0.15, 0.2) is 0 Å². The lowest BCUT2D eigenvalue weighted by Gasteiger charge is -2.16. The summed E-state index contributed by atoms with van der Waals surface area (Å²) < 4.78 is 0. The second-order valence-electron chi connectivity index (χ2n) is 5.69. The van der Waals surface area contributed by atoms with E-state index >= 15 is 0 Å². The van der Waals surface area contributed by atoms with Gasteiger partial charge in [0.05, 0.1) is 10.0 Å². The summed E-state index contributed by atoms with van der Waals surface area (Å²) in [5.74, 6) is 1.37. The summed E-state index contributed by atoms with van der Waals surface area (Å²) in [6.07, 6.45) is 8.29. The van der Waals surface area contributed by atoms with Crippen LogP contribution in [-0.2, 0) is 4.79 Å². The zero-order valence-corrected chi connectivity index (χ0v) is 12.6. The Morgan fingerprint density at radius 3 is 2.45 bits per heavy atom. The first-order valence-corrected chi connectivity index (χ1v) is 7.83. The third-order valence-corrected chi connectivity index (χ3v) is 4.80. The van der Waals surface area contributed by atoms with Gasteiger partial charge < -0.3 is 5.32 Å². The van der Waals surface area contributed by atoms with Crippen molar-refractivity contribution >= 4 is 35.2 Å². The Bertz CT molecular complexity index is 535. The highest BCUT2D eigenvalue weighted by Gasteiger charge is 2.41. The van der Waals surface area contributed by atoms with E-state index in [-0.39, 0.29) is 5.91 Å². The lowest BCUT2D eigenvalue weighted by Crippen LogP contribution is -2.37. The van der Waals surface area contributed by atoms with Crippen LogP contribution in [0.4, 0.5) is 0 Å². The zero-order valence-electron chi connectivity index (χ0n) is 11.1. The first kappa shape index (κ1) is 14.0. The molecule has 1 aromatic rings. The van der Waals surface area contributed by atoms with E-state index in [0.717, 1.165) is 5.56 Å². The molecular weight excluding hydrogens is 293 g/mol. The van der Waals surface area contributed by atoms with E-state index in [0.29, 0.717) is 27.9 Å². The summed E-state index contributed by atoms with van der Waals surface area (Å²) in [5.41, 5.74) is 0.767. The molecule has 2 saturated carbocycles. The lowest BCUT2D eigenvalue weighted by atomic mass is 10.1. The number of benzene rings is 1. The molecule has 0 radical (unpaired) electrons. The normalized spacial score (nSPS) is 18.8. The summed E-state index contributed by atoms with van der Waals surface area (Å²) >= 11 is 12.0. The van der Waals surface area contributed by atoms with Crippen LogP contribution < -0.4 is 5.32 Å². The Kier molecular flexibility index (Phi) is 4.04. The van der Waals surface area contributed by atoms with E-state index in [1.165, 1.54) is 25.7 Å². The summed E-state index contributed by atoms with van der Waals surface area (Å²) in [6.45, 7) is 0. The van der Waals surface area contributed by atoms with Crippen molar-refractivity contribution in [1.82, 2.24) is 5.32 Å². The largest absolute Gasteiger partial charge is 0.349 e. The Morgan fingerprint density at radius 1 is 1.20 bits per heavy atom. The molecule has 106 valence electrons. The van der Waals surface area contributed by atoms with E-state index in [1.54, 1.807) is 18.2 Å². The van der Waals surface area contributed by atoms with Crippen LogP contribution in [0.3, 0.4) is 0 Å². The van der Waals surface area contributed by atoms with Gasteiger partial charge in [0, 0.05) is 12.1 Å². The first-order valence-electron chi connectivity index (χ1n) is 7.08. The predicted molar refractivity (Wildman–Crippen MR) is 82.9 cm³/mol. The number of halogens is 2. The molecule has 0 spiro atoms. The third kappa shape index (κ3) is 3.36. The molecule has 0 unspecified atom stereocenters. The van der Waals surface area contributed by atoms with Crippen LogP contribution in [0.2, 0.25) is 10.0 Å². The van der Waals surface area contributed by atoms with Crippen LogP contribution in [0.5, 0.6) is 0 Å². The fraction of sp³-hybridized carbons (Fsp3) is 0.438. The number of nitrogens with one attached hydrogen (secondary N) is 1. The smallest absolute Gasteiger partial charge is 0.244 e. The molecule has 20 heavy (non-hydrogen) atoms. The van der Waals surface area contributed by atoms with E-state index in [4.69, 9.17) is 23.2 Å². The topological polar surface area (TPSA) is 29.1 Å². The maximum atomic E-state index is 12.0. The molecule has 1 aromatic carbocycles. The fourth-order valence-electron chi connectivity index (χ4n) is 2.56. The van der Waals surface area contributed by atoms with Gasteiger partial charge in [-0.05, 0) is 55.2 Å². The quantitative estimate of drug-likeness (QED) is 0.807. The Balaban J connectivity index is 1.62. The van der Waals surface area contributed by atoms with Crippen LogP contribution in [0.25, 0.3) is 6.08 Å². The van der Waals surface area contributed by atoms with Crippen molar-refractivity contribution in [2.24, 2.45) is 11.8 Å². The zero-order chi connectivity index (χ0) is 14.1. The van der Waals surface area contributed by atoms with Crippen LogP contribution in [0.1, 0.15) is 31.2 Å². The molecule has 2 aliphatic rings. The first-order chi connectivity index (χ1) is 9.65. The minimum absolute atomic E-state index is 0.0372. The van der Waals surface area contributed by atoms with E-state index in [1.807, 2.05) is 12.1 Å². The monoisotopic (exact) mass is 309 g/mol. The van der Waals surface area contributed by atoms with Gasteiger partial charge in [-0.1, -0.05) is 35.3 Å². The van der Waals surface area contributed by atoms with E-state index < -0.39 is 0 Å². The Morgan fingerprint density at radius 2 is 1.85 bits per heavy atom. The molecule has 1 N–H and O–H groups in total. The van der Waals surface area contributed by atoms with Crippen molar-refractivity contribution in [2.45, 2.75) is 31.7 Å². The summed E-state index contributed by atoms with van der Waals surface area (Å²) in [4.78, 5) is 12.0. The van der Waals surface area contributed by atoms with E-state index in [9.17, 15) is 4.79 Å². The molecule has 1 amide bonds. The van der Waals surface area contributed by atoms with Crippen molar-refractivity contribution in [3.63, 3.8) is 0 Å². The highest BCUT2D eigenvalue weighted by molar-refractivity contribution is 6.42. The average molecular weight is 310 g/mol. The average Bonchev–Trinajstić information content (AvgIpc) is 3.28. The van der Waals surface area contributed by atoms with E-state index in [2.05, 4.69) is 5.32 Å². The van der Waals surface area contributed by atoms with Gasteiger partial charge in [-0.15, -0.1) is 0 Å². The number of carbonyl (C=O) groups excluding carboxylic acids is 1. The van der Waals surface area contributed by atoms with Crippen molar-refractivity contribution in [3.05, 3.63) is 39.9 Å². The standard InChI is InChI=1S/C16H17Cl2NO/c17-13-3-1-2-10(15(13)18)8-9-14(20)19-16(11-4-5-11)12-6-7-12/h1-3,8-9,11-12,16H,4-7H2,(H,19,20). The number of carbonyl (C=O) groups is 1. The Hall–Kier alpha value is -0.990. The van der Waals surface area contributed by atoms with Gasteiger partial charge in [-0.2, -0.15) is 0 Å². The molecule has 2 fully saturated rings. The minimum Gasteiger partial charge on any atom is -0.349 e. The molecule has 3 rings (SSSR count). The van der Waals surface area contributed by atoms with Gasteiger partial charge in [-0.3, -0.25) is 4.79 Å². The van der Waals surface area contributed by atoms with Crippen molar-refractivity contribution < 1.29 is 4.79 Å². The van der Waals surface area contributed by atoms with Crippen LogP contribution in [0.15, 0.2) is 24.3 Å². The molecule has 0 bridgehead atoms. The second-order valence-corrected chi connectivity index (χ2v) is 6.47. The van der Waals surface area contributed by atoms with Crippen LogP contribution in [0, 0.1) is 11.8 Å². The molecule has 2 nitrogen and oxygen atoms in total. The van der Waals surface area contributed by atoms with Gasteiger partial charge in [0.1, 0.15) is 0 Å². The maximum Gasteiger partial charge on any atom is 0.244 e. The SMILES string of the molecule is O=C(C=Cc1cccc(Cl)c1Cl)NC(C1CC1)C1CC1. The maximum absolute atomic E-state index is 12.0. The number of amides is 1. The van der Waals surface area contributed by atoms with Crippen molar-refractivity contribution in [1.29, 1.82) is 0 Å². The molecule has 0 aromatic heterocycles. The van der Waals surface area contributed by atoms with Crippen LogP contribution >= 0.6 is 23.2 Å². The molecular formula is C16H17Cl2NO. The third-order valence-electron chi connectivity index (χ3n) is 3.96. The number of hydrogen-bond donors (Lipinski definition) is 1. The van der Waals surface area contributed by atoms with Crippen molar-refractivity contribution in [3.8, 4) is 0 Å². The van der Waals surface area contributed by atoms with Gasteiger partial charge in [0.2, 0.25) is 5.91 Å². The minimum atomic E-state index is -0.0372. The molecule has 2 aliphatic carbocycles. The fourth-order valence-corrected chi connectivity index (χ4v) is 2.93. The predicted octanol–water partition coefficient (Wildman–Crippen LogP) is 4.31. The second kappa shape index (κ2) is 5.79. The van der Waals surface area contributed by atoms with Gasteiger partial charge in [0.25, 0.3) is 0 Å². The van der Waals surface area contributed by atoms with Crippen LogP contribution in [-0.4, -0.2) is 11.9 Å². The lowest BCUT2D eigenvalue weighted by molar-refractivity contribution is -0.117. The molecule has 0 atom stereocenters. The number of hydrogen-bond acceptors (Lipinski definition) is 1. The molecule has 0 aliphatic heterocycles. The summed E-state index contributed by atoms with van der Waals surface area (Å²) in [5, 5.41) is 4.13. The van der Waals surface area contributed by atoms with Gasteiger partial charge >= 0.3 is 0 Å². The highest BCUT2D eigenvalue weighted by atomic mass is 35.5. The molecule has 4 heteroatoms. The molecule has 0 saturated heterocycles. The molecule has 0 heterocycles. The number of rotatable bonds is 5. The highest BCUT2D eigenvalue weighted by Crippen LogP contribution is 2.44. The summed E-state index contributed by atoms with van der Waals surface area (Å²) in [7, 11) is 0.